The Labute approximate surface area is 49.0 Å². The minimum atomic E-state index is -1.84. The van der Waals surface area contributed by atoms with Gasteiger partial charge in [-0.15, -0.1) is 0 Å². The minimum absolute atomic E-state index is 1.41. The Hall–Kier alpha value is -1.59. The van der Waals surface area contributed by atoms with Crippen molar-refractivity contribution in [2.75, 3.05) is 0 Å². The lowest BCUT2D eigenvalue weighted by atomic mass is 10.4. The highest BCUT2D eigenvalue weighted by molar-refractivity contribution is 6.61. The van der Waals surface area contributed by atoms with Crippen molar-refractivity contribution < 1.29 is 19.8 Å². The first-order valence-corrected chi connectivity index (χ1v) is 1.76. The lowest BCUT2D eigenvalue weighted by molar-refractivity contribution is -0.134. The fourth-order valence-corrected chi connectivity index (χ4v) is 0.170. The Morgan fingerprint density at radius 1 is 1.22 bits per heavy atom. The van der Waals surface area contributed by atoms with E-state index in [-0.39, 0.29) is 0 Å². The van der Waals surface area contributed by atoms with Crippen LogP contribution in [0.15, 0.2) is 5.16 Å². The average Bonchev–Trinajstić information content (AvgIpc) is 1.64. The van der Waals surface area contributed by atoms with Crippen LogP contribution in [0.1, 0.15) is 0 Å². The van der Waals surface area contributed by atoms with Crippen LogP contribution in [-0.2, 0) is 9.59 Å². The quantitative estimate of drug-likeness (QED) is 0.287. The van der Waals surface area contributed by atoms with Gasteiger partial charge in [0.25, 0.3) is 0 Å². The molecule has 6 nitrogen and oxygen atoms in total. The third kappa shape index (κ3) is 1.76. The smallest absolute Gasteiger partial charge is 0.361 e. The fraction of sp³-hybridized carbons (Fsp3) is 0. The SMILES string of the molecule is O=C(O)C(=N[O-])C(=O)O. The second kappa shape index (κ2) is 2.65. The zero-order valence-electron chi connectivity index (χ0n) is 4.07. The summed E-state index contributed by atoms with van der Waals surface area (Å²) in [6.07, 6.45) is 0. The maximum atomic E-state index is 9.66. The monoisotopic (exact) mass is 132 g/mol. The Bertz CT molecular complexity index is 155. The average molecular weight is 132 g/mol. The van der Waals surface area contributed by atoms with Gasteiger partial charge in [-0.1, -0.05) is 0 Å². The lowest BCUT2D eigenvalue weighted by Crippen LogP contribution is -2.22. The second-order valence-electron chi connectivity index (χ2n) is 1.05. The van der Waals surface area contributed by atoms with Gasteiger partial charge >= 0.3 is 11.9 Å². The van der Waals surface area contributed by atoms with Crippen molar-refractivity contribution in [2.45, 2.75) is 0 Å². The molecule has 0 rings (SSSR count). The van der Waals surface area contributed by atoms with Crippen LogP contribution in [0.2, 0.25) is 0 Å². The summed E-state index contributed by atoms with van der Waals surface area (Å²) in [5, 5.41) is 26.8. The predicted molar refractivity (Wildman–Crippen MR) is 26.1 cm³/mol. The van der Waals surface area contributed by atoms with Gasteiger partial charge in [0, 0.05) is 0 Å². The molecular formula is C3H2NO5-. The molecular weight excluding hydrogens is 130 g/mol. The number of carboxylic acid groups (broad SMARTS) is 2. The van der Waals surface area contributed by atoms with Crippen molar-refractivity contribution >= 4 is 17.7 Å². The zero-order chi connectivity index (χ0) is 7.44. The van der Waals surface area contributed by atoms with E-state index in [1.807, 2.05) is 0 Å². The largest absolute Gasteiger partial charge is 0.791 e. The third-order valence-electron chi connectivity index (χ3n) is 0.496. The van der Waals surface area contributed by atoms with Crippen molar-refractivity contribution in [3.8, 4) is 0 Å². The summed E-state index contributed by atoms with van der Waals surface area (Å²) in [7, 11) is 0. The van der Waals surface area contributed by atoms with E-state index in [4.69, 9.17) is 10.2 Å². The molecule has 0 amide bonds. The number of hydrogen-bond donors (Lipinski definition) is 2. The van der Waals surface area contributed by atoms with Crippen LogP contribution in [0.3, 0.4) is 0 Å². The van der Waals surface area contributed by atoms with E-state index < -0.39 is 17.7 Å². The van der Waals surface area contributed by atoms with E-state index in [1.54, 1.807) is 5.16 Å². The van der Waals surface area contributed by atoms with Crippen LogP contribution in [-0.4, -0.2) is 27.9 Å². The topological polar surface area (TPSA) is 110 Å². The maximum absolute atomic E-state index is 9.66. The van der Waals surface area contributed by atoms with Crippen molar-refractivity contribution in [1.29, 1.82) is 0 Å². The molecule has 0 spiro atoms. The molecule has 0 saturated heterocycles. The number of nitrogens with zero attached hydrogens (tertiary/aromatic N) is 1. The maximum Gasteiger partial charge on any atom is 0.361 e. The Balaban J connectivity index is 4.38. The molecule has 0 radical (unpaired) electrons. The van der Waals surface area contributed by atoms with E-state index in [0.717, 1.165) is 0 Å². The molecule has 50 valence electrons. The molecule has 0 aromatic rings. The number of carbonyl (C=O) groups is 2. The highest BCUT2D eigenvalue weighted by Crippen LogP contribution is 1.77. The van der Waals surface area contributed by atoms with Crippen LogP contribution in [0, 0.1) is 5.21 Å². The summed E-state index contributed by atoms with van der Waals surface area (Å²) < 4.78 is 0. The molecule has 0 aliphatic rings. The molecule has 0 aliphatic carbocycles. The molecule has 6 heteroatoms. The molecule has 0 aromatic heterocycles. The number of carboxylic acids is 2. The van der Waals surface area contributed by atoms with Gasteiger partial charge in [-0.3, -0.25) is 0 Å². The second-order valence-corrected chi connectivity index (χ2v) is 1.05. The highest BCUT2D eigenvalue weighted by atomic mass is 16.4. The first-order valence-electron chi connectivity index (χ1n) is 1.76. The minimum Gasteiger partial charge on any atom is -0.791 e. The van der Waals surface area contributed by atoms with Gasteiger partial charge in [0.1, 0.15) is 0 Å². The first kappa shape index (κ1) is 7.41. The number of hydrogen-bond acceptors (Lipinski definition) is 4. The third-order valence-corrected chi connectivity index (χ3v) is 0.496. The van der Waals surface area contributed by atoms with Gasteiger partial charge in [0.2, 0.25) is 5.71 Å². The van der Waals surface area contributed by atoms with E-state index >= 15 is 0 Å². The summed E-state index contributed by atoms with van der Waals surface area (Å²) in [4.78, 5) is 19.3. The molecule has 9 heavy (non-hydrogen) atoms. The van der Waals surface area contributed by atoms with Gasteiger partial charge in [-0.05, 0) is 0 Å². The summed E-state index contributed by atoms with van der Waals surface area (Å²) in [6, 6.07) is 0. The normalized spacial score (nSPS) is 8.00. The van der Waals surface area contributed by atoms with Gasteiger partial charge in [0.05, 0.1) is 0 Å². The fourth-order valence-electron chi connectivity index (χ4n) is 0.170. The van der Waals surface area contributed by atoms with Crippen LogP contribution in [0.5, 0.6) is 0 Å². The highest BCUT2D eigenvalue weighted by Gasteiger charge is 2.15. The molecule has 0 saturated carbocycles. The molecule has 0 aliphatic heterocycles. The zero-order valence-corrected chi connectivity index (χ0v) is 4.07. The Kier molecular flexibility index (Phi) is 2.18. The Morgan fingerprint density at radius 3 is 1.56 bits per heavy atom. The van der Waals surface area contributed by atoms with E-state index in [0.29, 0.717) is 0 Å². The standard InChI is InChI=1S/C3H3NO5/c5-2(6)1(4-9)3(7)8/h9H,(H,5,6)(H,7,8)/p-1. The molecule has 0 unspecified atom stereocenters. The van der Waals surface area contributed by atoms with E-state index in [2.05, 4.69) is 0 Å². The number of aliphatic carboxylic acids is 2. The van der Waals surface area contributed by atoms with E-state index in [1.165, 1.54) is 0 Å². The molecule has 0 bridgehead atoms. The van der Waals surface area contributed by atoms with Crippen LogP contribution >= 0.6 is 0 Å². The van der Waals surface area contributed by atoms with Crippen molar-refractivity contribution in [3.05, 3.63) is 5.21 Å². The molecule has 2 N–H and O–H groups in total. The summed E-state index contributed by atoms with van der Waals surface area (Å²) in [5.41, 5.74) is -1.41. The van der Waals surface area contributed by atoms with Crippen LogP contribution in [0.25, 0.3) is 0 Å². The van der Waals surface area contributed by atoms with Crippen molar-refractivity contribution in [2.24, 2.45) is 5.16 Å². The Morgan fingerprint density at radius 2 is 1.56 bits per heavy atom. The molecule has 0 fully saturated rings. The van der Waals surface area contributed by atoms with Crippen molar-refractivity contribution in [1.82, 2.24) is 0 Å². The summed E-state index contributed by atoms with van der Waals surface area (Å²) in [5.74, 6) is -3.67. The number of rotatable bonds is 2. The van der Waals surface area contributed by atoms with Gasteiger partial charge in [0.15, 0.2) is 0 Å². The predicted octanol–water partition coefficient (Wildman–Crippen LogP) is -0.906. The van der Waals surface area contributed by atoms with Gasteiger partial charge < -0.3 is 20.6 Å². The van der Waals surface area contributed by atoms with Crippen LogP contribution in [0.4, 0.5) is 0 Å². The first-order chi connectivity index (χ1) is 4.09. The van der Waals surface area contributed by atoms with Crippen LogP contribution < -0.4 is 0 Å². The van der Waals surface area contributed by atoms with Crippen molar-refractivity contribution in [3.63, 3.8) is 0 Å². The summed E-state index contributed by atoms with van der Waals surface area (Å²) >= 11 is 0. The molecule has 0 atom stereocenters. The van der Waals surface area contributed by atoms with E-state index in [9.17, 15) is 14.8 Å². The summed E-state index contributed by atoms with van der Waals surface area (Å²) in [6.45, 7) is 0. The lowest BCUT2D eigenvalue weighted by Gasteiger charge is -1.94. The molecule has 0 heterocycles. The van der Waals surface area contributed by atoms with Gasteiger partial charge in [-0.2, -0.15) is 0 Å². The van der Waals surface area contributed by atoms with Gasteiger partial charge in [-0.25, -0.2) is 9.59 Å². The molecule has 0 aromatic carbocycles.